The lowest BCUT2D eigenvalue weighted by Crippen LogP contribution is -2.24. The summed E-state index contributed by atoms with van der Waals surface area (Å²) in [7, 11) is -1.40. The zero-order valence-corrected chi connectivity index (χ0v) is 18.0. The number of nitrogens with one attached hydrogen (secondary N) is 1. The highest BCUT2D eigenvalue weighted by atomic mass is 32.2. The Labute approximate surface area is 173 Å². The van der Waals surface area contributed by atoms with E-state index in [2.05, 4.69) is 23.3 Å². The quantitative estimate of drug-likeness (QED) is 0.601. The maximum Gasteiger partial charge on any atom is 0.257 e. The summed E-state index contributed by atoms with van der Waals surface area (Å²) in [6.45, 7) is 2.14. The summed E-state index contributed by atoms with van der Waals surface area (Å²) in [5.41, 5.74) is 2.04. The van der Waals surface area contributed by atoms with Crippen LogP contribution < -0.4 is 5.32 Å². The zero-order valence-electron chi connectivity index (χ0n) is 16.4. The molecule has 0 aliphatic rings. The van der Waals surface area contributed by atoms with Crippen molar-refractivity contribution >= 4 is 42.6 Å². The normalized spacial score (nSPS) is 11.9. The molecule has 0 atom stereocenters. The Morgan fingerprint density at radius 3 is 2.66 bits per heavy atom. The second kappa shape index (κ2) is 8.56. The van der Waals surface area contributed by atoms with Gasteiger partial charge < -0.3 is 0 Å². The predicted octanol–water partition coefficient (Wildman–Crippen LogP) is 4.28. The zero-order chi connectivity index (χ0) is 21.2. The molecule has 0 fully saturated rings. The standard InChI is InChI=1S/C20H22FN3O3S2/c1-4-5-6-13-7-10-16-17(11-13)28-20(22-16)23-19(25)14-8-9-15(21)18(12-14)29(26,27)24(2)3/h7-12H,4-6H2,1-3H3,(H,22,23,25). The number of carbonyl (C=O) groups is 1. The van der Waals surface area contributed by atoms with Crippen molar-refractivity contribution in [3.8, 4) is 0 Å². The molecule has 0 aliphatic carbocycles. The van der Waals surface area contributed by atoms with Crippen molar-refractivity contribution in [3.05, 3.63) is 53.3 Å². The smallest absolute Gasteiger partial charge is 0.257 e. The van der Waals surface area contributed by atoms with Gasteiger partial charge in [0.1, 0.15) is 10.7 Å². The van der Waals surface area contributed by atoms with Crippen molar-refractivity contribution in [2.45, 2.75) is 31.1 Å². The van der Waals surface area contributed by atoms with Gasteiger partial charge in [0.2, 0.25) is 10.0 Å². The summed E-state index contributed by atoms with van der Waals surface area (Å²) >= 11 is 1.34. The van der Waals surface area contributed by atoms with Gasteiger partial charge in [-0.2, -0.15) is 0 Å². The molecule has 1 amide bonds. The number of nitrogens with zero attached hydrogens (tertiary/aromatic N) is 2. The summed E-state index contributed by atoms with van der Waals surface area (Å²) in [4.78, 5) is 16.4. The molecular weight excluding hydrogens is 413 g/mol. The minimum absolute atomic E-state index is 0.0368. The Bertz CT molecular complexity index is 1160. The highest BCUT2D eigenvalue weighted by Gasteiger charge is 2.23. The summed E-state index contributed by atoms with van der Waals surface area (Å²) in [6, 6.07) is 9.28. The van der Waals surface area contributed by atoms with E-state index in [9.17, 15) is 17.6 Å². The van der Waals surface area contributed by atoms with Crippen LogP contribution in [0.4, 0.5) is 9.52 Å². The van der Waals surface area contributed by atoms with Gasteiger partial charge in [-0.25, -0.2) is 22.1 Å². The summed E-state index contributed by atoms with van der Waals surface area (Å²) in [6.07, 6.45) is 3.21. The maximum absolute atomic E-state index is 14.0. The van der Waals surface area contributed by atoms with E-state index in [-0.39, 0.29) is 5.56 Å². The van der Waals surface area contributed by atoms with Gasteiger partial charge in [-0.1, -0.05) is 30.7 Å². The average Bonchev–Trinajstić information content (AvgIpc) is 3.07. The first-order chi connectivity index (χ1) is 13.7. The van der Waals surface area contributed by atoms with Crippen LogP contribution in [0.5, 0.6) is 0 Å². The van der Waals surface area contributed by atoms with Crippen LogP contribution >= 0.6 is 11.3 Å². The van der Waals surface area contributed by atoms with Crippen LogP contribution in [0.25, 0.3) is 10.2 Å². The summed E-state index contributed by atoms with van der Waals surface area (Å²) < 4.78 is 40.4. The second-order valence-corrected chi connectivity index (χ2v) is 9.96. The third-order valence-electron chi connectivity index (χ3n) is 4.44. The van der Waals surface area contributed by atoms with Gasteiger partial charge in [0.05, 0.1) is 10.2 Å². The van der Waals surface area contributed by atoms with Crippen molar-refractivity contribution in [2.75, 3.05) is 19.4 Å². The lowest BCUT2D eigenvalue weighted by molar-refractivity contribution is 0.102. The monoisotopic (exact) mass is 435 g/mol. The van der Waals surface area contributed by atoms with Crippen molar-refractivity contribution in [3.63, 3.8) is 0 Å². The first kappa shape index (κ1) is 21.4. The largest absolute Gasteiger partial charge is 0.298 e. The van der Waals surface area contributed by atoms with Crippen molar-refractivity contribution in [2.24, 2.45) is 0 Å². The van der Waals surface area contributed by atoms with E-state index < -0.39 is 26.6 Å². The predicted molar refractivity (Wildman–Crippen MR) is 113 cm³/mol. The molecule has 0 radical (unpaired) electrons. The Kier molecular flexibility index (Phi) is 6.30. The molecule has 3 rings (SSSR count). The first-order valence-corrected chi connectivity index (χ1v) is 11.4. The van der Waals surface area contributed by atoms with Crippen molar-refractivity contribution in [1.29, 1.82) is 0 Å². The summed E-state index contributed by atoms with van der Waals surface area (Å²) in [5.74, 6) is -1.46. The molecule has 0 aliphatic heterocycles. The maximum atomic E-state index is 14.0. The molecule has 1 aromatic heterocycles. The van der Waals surface area contributed by atoms with Crippen LogP contribution in [-0.2, 0) is 16.4 Å². The number of anilines is 1. The molecule has 9 heteroatoms. The number of sulfonamides is 1. The highest BCUT2D eigenvalue weighted by molar-refractivity contribution is 7.89. The Hall–Kier alpha value is -2.36. The molecule has 0 saturated carbocycles. The fraction of sp³-hybridized carbons (Fsp3) is 0.300. The van der Waals surface area contributed by atoms with E-state index in [0.29, 0.717) is 5.13 Å². The number of thiazole rings is 1. The number of hydrogen-bond acceptors (Lipinski definition) is 5. The molecular formula is C20H22FN3O3S2. The van der Waals surface area contributed by atoms with Gasteiger partial charge in [0, 0.05) is 19.7 Å². The van der Waals surface area contributed by atoms with Crippen molar-refractivity contribution < 1.29 is 17.6 Å². The number of benzene rings is 2. The third kappa shape index (κ3) is 4.63. The van der Waals surface area contributed by atoms with Crippen LogP contribution in [0, 0.1) is 5.82 Å². The number of carbonyl (C=O) groups excluding carboxylic acids is 1. The highest BCUT2D eigenvalue weighted by Crippen LogP contribution is 2.28. The molecule has 3 aromatic rings. The average molecular weight is 436 g/mol. The van der Waals surface area contributed by atoms with E-state index in [0.717, 1.165) is 45.9 Å². The number of hydrogen-bond donors (Lipinski definition) is 1. The lowest BCUT2D eigenvalue weighted by atomic mass is 10.1. The topological polar surface area (TPSA) is 79.4 Å². The molecule has 6 nitrogen and oxygen atoms in total. The van der Waals surface area contributed by atoms with Crippen LogP contribution in [0.15, 0.2) is 41.3 Å². The summed E-state index contributed by atoms with van der Waals surface area (Å²) in [5, 5.41) is 3.08. The molecule has 1 N–H and O–H groups in total. The molecule has 0 bridgehead atoms. The number of aryl methyl sites for hydroxylation is 1. The number of fused-ring (bicyclic) bond motifs is 1. The van der Waals surface area contributed by atoms with Crippen LogP contribution in [0.3, 0.4) is 0 Å². The van der Waals surface area contributed by atoms with Gasteiger partial charge in [0.25, 0.3) is 5.91 Å². The van der Waals surface area contributed by atoms with E-state index in [1.54, 1.807) is 0 Å². The fourth-order valence-electron chi connectivity index (χ4n) is 2.77. The molecule has 2 aromatic carbocycles. The molecule has 29 heavy (non-hydrogen) atoms. The van der Waals surface area contributed by atoms with E-state index in [4.69, 9.17) is 0 Å². The molecule has 0 unspecified atom stereocenters. The van der Waals surface area contributed by atoms with Crippen molar-refractivity contribution in [1.82, 2.24) is 9.29 Å². The minimum Gasteiger partial charge on any atom is -0.298 e. The van der Waals surface area contributed by atoms with E-state index >= 15 is 0 Å². The minimum atomic E-state index is -4.00. The van der Waals surface area contributed by atoms with Crippen LogP contribution in [0.2, 0.25) is 0 Å². The molecule has 0 saturated heterocycles. The number of rotatable bonds is 7. The number of aromatic nitrogens is 1. The third-order valence-corrected chi connectivity index (χ3v) is 7.21. The number of amides is 1. The lowest BCUT2D eigenvalue weighted by Gasteiger charge is -2.13. The van der Waals surface area contributed by atoms with Gasteiger partial charge >= 0.3 is 0 Å². The Morgan fingerprint density at radius 1 is 1.21 bits per heavy atom. The van der Waals surface area contributed by atoms with E-state index in [1.165, 1.54) is 37.1 Å². The molecule has 154 valence electrons. The number of unbranched alkanes of at least 4 members (excludes halogenated alkanes) is 1. The van der Waals surface area contributed by atoms with Crippen LogP contribution in [0.1, 0.15) is 35.7 Å². The van der Waals surface area contributed by atoms with Gasteiger partial charge in [0.15, 0.2) is 5.13 Å². The molecule has 0 spiro atoms. The number of halogens is 1. The van der Waals surface area contributed by atoms with Gasteiger partial charge in [-0.05, 0) is 48.7 Å². The fourth-order valence-corrected chi connectivity index (χ4v) is 4.68. The second-order valence-electron chi connectivity index (χ2n) is 6.81. The van der Waals surface area contributed by atoms with Gasteiger partial charge in [-0.3, -0.25) is 10.1 Å². The van der Waals surface area contributed by atoms with E-state index in [1.807, 2.05) is 12.1 Å². The van der Waals surface area contributed by atoms with Crippen LogP contribution in [-0.4, -0.2) is 37.7 Å². The first-order valence-electron chi connectivity index (χ1n) is 9.15. The van der Waals surface area contributed by atoms with Gasteiger partial charge in [-0.15, -0.1) is 0 Å². The molecule has 1 heterocycles. The Balaban J connectivity index is 1.85. The SMILES string of the molecule is CCCCc1ccc2nc(NC(=O)c3ccc(F)c(S(=O)(=O)N(C)C)c3)sc2c1. The Morgan fingerprint density at radius 2 is 1.97 bits per heavy atom.